The van der Waals surface area contributed by atoms with Crippen LogP contribution in [-0.2, 0) is 0 Å². The Balaban J connectivity index is 2.90. The maximum atomic E-state index is 2.43. The normalized spacial score (nSPS) is 16.9. The minimum Gasteiger partial charge on any atom is -0.358 e. The number of thioether (sulfide) groups is 1. The Morgan fingerprint density at radius 3 is 2.12 bits per heavy atom. The first-order chi connectivity index (χ1) is 7.65. The fourth-order valence-corrected chi connectivity index (χ4v) is 3.58. The van der Waals surface area contributed by atoms with Crippen LogP contribution in [0, 0.1) is 5.92 Å². The molecule has 0 spiro atoms. The second-order valence-electron chi connectivity index (χ2n) is 4.71. The van der Waals surface area contributed by atoms with Gasteiger partial charge in [0.05, 0.1) is 11.7 Å². The van der Waals surface area contributed by atoms with Gasteiger partial charge in [-0.2, -0.15) is 0 Å². The molecule has 0 bridgehead atoms. The summed E-state index contributed by atoms with van der Waals surface area (Å²) in [5.74, 6) is 0.757. The number of allylic oxidation sites excluding steroid dienone is 1. The van der Waals surface area contributed by atoms with Crippen LogP contribution in [0.5, 0.6) is 0 Å². The maximum Gasteiger partial charge on any atom is 0.0915 e. The smallest absolute Gasteiger partial charge is 0.0915 e. The summed E-state index contributed by atoms with van der Waals surface area (Å²) < 4.78 is 0. The zero-order valence-corrected chi connectivity index (χ0v) is 12.2. The van der Waals surface area contributed by atoms with Crippen LogP contribution in [-0.4, -0.2) is 36.8 Å². The van der Waals surface area contributed by atoms with E-state index in [1.807, 2.05) is 11.8 Å². The summed E-state index contributed by atoms with van der Waals surface area (Å²) in [6.07, 6.45) is 7.41. The Morgan fingerprint density at radius 2 is 1.69 bits per heavy atom. The van der Waals surface area contributed by atoms with Crippen molar-refractivity contribution in [2.45, 2.75) is 39.5 Å². The van der Waals surface area contributed by atoms with Gasteiger partial charge >= 0.3 is 0 Å². The molecule has 0 aliphatic carbocycles. The quantitative estimate of drug-likeness (QED) is 0.703. The van der Waals surface area contributed by atoms with Crippen LogP contribution in [0.25, 0.3) is 0 Å². The molecule has 0 aromatic carbocycles. The van der Waals surface area contributed by atoms with Crippen molar-refractivity contribution in [3.63, 3.8) is 0 Å². The van der Waals surface area contributed by atoms with Gasteiger partial charge in [-0.05, 0) is 19.1 Å². The van der Waals surface area contributed by atoms with E-state index in [1.54, 1.807) is 5.70 Å². The number of hydrogen-bond donors (Lipinski definition) is 0. The molecule has 94 valence electrons. The molecule has 0 amide bonds. The first kappa shape index (κ1) is 13.8. The Bertz CT molecular complexity index is 244. The molecule has 0 radical (unpaired) electrons. The monoisotopic (exact) mass is 242 g/mol. The fraction of sp³-hybridized carbons (Fsp3) is 0.846. The van der Waals surface area contributed by atoms with Crippen LogP contribution >= 0.6 is 11.8 Å². The van der Waals surface area contributed by atoms with Crippen LogP contribution in [0.1, 0.15) is 39.5 Å². The van der Waals surface area contributed by atoms with E-state index < -0.39 is 0 Å². The molecule has 0 fully saturated rings. The minimum absolute atomic E-state index is 0.757. The van der Waals surface area contributed by atoms with Crippen LogP contribution in [0.15, 0.2) is 10.7 Å². The van der Waals surface area contributed by atoms with E-state index in [2.05, 4.69) is 44.0 Å². The highest BCUT2D eigenvalue weighted by molar-refractivity contribution is 8.02. The van der Waals surface area contributed by atoms with E-state index in [0.29, 0.717) is 0 Å². The molecule has 0 saturated carbocycles. The van der Waals surface area contributed by atoms with Gasteiger partial charge in [-0.3, -0.25) is 0 Å². The van der Waals surface area contributed by atoms with Crippen molar-refractivity contribution in [3.8, 4) is 0 Å². The molecule has 1 heterocycles. The van der Waals surface area contributed by atoms with Crippen molar-refractivity contribution in [3.05, 3.63) is 10.7 Å². The average Bonchev–Trinajstić information content (AvgIpc) is 2.52. The topological polar surface area (TPSA) is 6.48 Å². The Hall–Kier alpha value is -0.310. The Labute approximate surface area is 105 Å². The number of hydrogen-bond acceptors (Lipinski definition) is 3. The molecule has 16 heavy (non-hydrogen) atoms. The lowest BCUT2D eigenvalue weighted by atomic mass is 9.94. The summed E-state index contributed by atoms with van der Waals surface area (Å²) in [4.78, 5) is 4.81. The highest BCUT2D eigenvalue weighted by Crippen LogP contribution is 2.36. The lowest BCUT2D eigenvalue weighted by Crippen LogP contribution is -2.23. The standard InChI is InChI=1S/C13H26N2S/c1-6-8-11(9-7-2)12-13(16-5)15(4)10-14(12)3/h11H,6-10H2,1-5H3. The van der Waals surface area contributed by atoms with Gasteiger partial charge in [-0.25, -0.2) is 0 Å². The highest BCUT2D eigenvalue weighted by atomic mass is 32.2. The SMILES string of the molecule is CCCC(CCC)C1=C(SC)N(C)CN1C. The lowest BCUT2D eigenvalue weighted by Gasteiger charge is -2.24. The molecule has 1 rings (SSSR count). The lowest BCUT2D eigenvalue weighted by molar-refractivity contribution is 0.296. The summed E-state index contributed by atoms with van der Waals surface area (Å²) in [6.45, 7) is 5.64. The largest absolute Gasteiger partial charge is 0.358 e. The van der Waals surface area contributed by atoms with Crippen LogP contribution in [0.2, 0.25) is 0 Å². The average molecular weight is 242 g/mol. The second-order valence-corrected chi connectivity index (χ2v) is 5.50. The molecular formula is C13H26N2S. The summed E-state index contributed by atoms with van der Waals surface area (Å²) in [5, 5.41) is 1.48. The predicted octanol–water partition coefficient (Wildman–Crippen LogP) is 3.57. The number of rotatable bonds is 6. The van der Waals surface area contributed by atoms with E-state index >= 15 is 0 Å². The first-order valence-corrected chi connectivity index (χ1v) is 7.58. The van der Waals surface area contributed by atoms with Crippen LogP contribution in [0.3, 0.4) is 0 Å². The zero-order valence-electron chi connectivity index (χ0n) is 11.4. The summed E-state index contributed by atoms with van der Waals surface area (Å²) in [7, 11) is 4.43. The molecule has 1 aliphatic heterocycles. The highest BCUT2D eigenvalue weighted by Gasteiger charge is 2.28. The molecule has 0 aromatic rings. The van der Waals surface area contributed by atoms with Crippen molar-refractivity contribution >= 4 is 11.8 Å². The van der Waals surface area contributed by atoms with Gasteiger partial charge in [0.2, 0.25) is 0 Å². The van der Waals surface area contributed by atoms with E-state index in [9.17, 15) is 0 Å². The van der Waals surface area contributed by atoms with Crippen molar-refractivity contribution in [2.24, 2.45) is 5.92 Å². The van der Waals surface area contributed by atoms with E-state index in [4.69, 9.17) is 0 Å². The Morgan fingerprint density at radius 1 is 1.12 bits per heavy atom. The zero-order chi connectivity index (χ0) is 12.1. The van der Waals surface area contributed by atoms with Gasteiger partial charge in [-0.1, -0.05) is 26.7 Å². The third kappa shape index (κ3) is 2.88. The number of nitrogens with zero attached hydrogens (tertiary/aromatic N) is 2. The summed E-state index contributed by atoms with van der Waals surface area (Å²) in [5.41, 5.74) is 1.58. The summed E-state index contributed by atoms with van der Waals surface area (Å²) in [6, 6.07) is 0. The van der Waals surface area contributed by atoms with Crippen molar-refractivity contribution in [2.75, 3.05) is 27.0 Å². The van der Waals surface area contributed by atoms with E-state index in [0.717, 1.165) is 12.6 Å². The predicted molar refractivity (Wildman–Crippen MR) is 74.2 cm³/mol. The molecule has 0 atom stereocenters. The van der Waals surface area contributed by atoms with Crippen molar-refractivity contribution in [1.29, 1.82) is 0 Å². The molecule has 0 N–H and O–H groups in total. The third-order valence-corrected chi connectivity index (χ3v) is 4.16. The van der Waals surface area contributed by atoms with Crippen molar-refractivity contribution < 1.29 is 0 Å². The van der Waals surface area contributed by atoms with Gasteiger partial charge in [0.1, 0.15) is 0 Å². The van der Waals surface area contributed by atoms with E-state index in [-0.39, 0.29) is 0 Å². The second kappa shape index (κ2) is 6.43. The molecule has 0 aromatic heterocycles. The maximum absolute atomic E-state index is 2.43. The first-order valence-electron chi connectivity index (χ1n) is 6.36. The molecule has 2 nitrogen and oxygen atoms in total. The van der Waals surface area contributed by atoms with Crippen LogP contribution < -0.4 is 0 Å². The summed E-state index contributed by atoms with van der Waals surface area (Å²) >= 11 is 1.90. The third-order valence-electron chi connectivity index (χ3n) is 3.26. The molecule has 0 saturated heterocycles. The molecule has 0 unspecified atom stereocenters. The van der Waals surface area contributed by atoms with Gasteiger partial charge in [0.15, 0.2) is 0 Å². The molecule has 1 aliphatic rings. The van der Waals surface area contributed by atoms with Gasteiger partial charge in [0, 0.05) is 25.7 Å². The van der Waals surface area contributed by atoms with Gasteiger partial charge in [0.25, 0.3) is 0 Å². The minimum atomic E-state index is 0.757. The van der Waals surface area contributed by atoms with Gasteiger partial charge in [-0.15, -0.1) is 11.8 Å². The van der Waals surface area contributed by atoms with Crippen LogP contribution in [0.4, 0.5) is 0 Å². The van der Waals surface area contributed by atoms with Crippen molar-refractivity contribution in [1.82, 2.24) is 9.80 Å². The molecule has 3 heteroatoms. The van der Waals surface area contributed by atoms with E-state index in [1.165, 1.54) is 30.7 Å². The fourth-order valence-electron chi connectivity index (χ4n) is 2.68. The Kier molecular flexibility index (Phi) is 5.53. The molecular weight excluding hydrogens is 216 g/mol. The van der Waals surface area contributed by atoms with Gasteiger partial charge < -0.3 is 9.80 Å².